The zero-order valence-corrected chi connectivity index (χ0v) is 14.3. The van der Waals surface area contributed by atoms with Gasteiger partial charge >= 0.3 is 0 Å². The molecule has 0 saturated carbocycles. The van der Waals surface area contributed by atoms with Crippen molar-refractivity contribution < 1.29 is 13.0 Å². The molecule has 0 bridgehead atoms. The molecule has 1 aromatic carbocycles. The van der Waals surface area contributed by atoms with Gasteiger partial charge < -0.3 is 16.0 Å². The number of anilines is 3. The molecule has 1 heterocycles. The second kappa shape index (κ2) is 7.51. The van der Waals surface area contributed by atoms with Gasteiger partial charge in [-0.25, -0.2) is 0 Å². The maximum absolute atomic E-state index is 11.2. The highest BCUT2D eigenvalue weighted by Gasteiger charge is 2.12. The maximum atomic E-state index is 11.2. The first-order valence-corrected chi connectivity index (χ1v) is 8.70. The number of rotatable bonds is 7. The summed E-state index contributed by atoms with van der Waals surface area (Å²) in [6.07, 6.45) is 1.36. The second-order valence-electron chi connectivity index (χ2n) is 5.29. The smallest absolute Gasteiger partial charge is 0.294 e. The average Bonchev–Trinajstić information content (AvgIpc) is 2.52. The highest BCUT2D eigenvalue weighted by atomic mass is 32.2. The van der Waals surface area contributed by atoms with Gasteiger partial charge in [0.05, 0.1) is 4.90 Å². The summed E-state index contributed by atoms with van der Waals surface area (Å²) in [5.41, 5.74) is 5.95. The molecule has 0 fully saturated rings. The minimum absolute atomic E-state index is 0.210. The van der Waals surface area contributed by atoms with Crippen LogP contribution in [0, 0.1) is 0 Å². The van der Waals surface area contributed by atoms with Gasteiger partial charge in [-0.05, 0) is 31.2 Å². The number of aromatic nitrogens is 3. The topological polar surface area (TPSA) is 134 Å². The average molecular weight is 352 g/mol. The lowest BCUT2D eigenvalue weighted by molar-refractivity contribution is 0.483. The van der Waals surface area contributed by atoms with E-state index in [0.717, 1.165) is 6.42 Å². The van der Waals surface area contributed by atoms with Crippen molar-refractivity contribution in [3.05, 3.63) is 30.1 Å². The summed E-state index contributed by atoms with van der Waals surface area (Å²) in [4.78, 5) is 14.5. The van der Waals surface area contributed by atoms with Crippen molar-refractivity contribution in [1.82, 2.24) is 15.0 Å². The van der Waals surface area contributed by atoms with E-state index in [1.54, 1.807) is 11.0 Å². The van der Waals surface area contributed by atoms with Crippen LogP contribution in [0.4, 0.5) is 17.6 Å². The van der Waals surface area contributed by atoms with Crippen LogP contribution >= 0.6 is 0 Å². The molecule has 10 heteroatoms. The maximum Gasteiger partial charge on any atom is 0.294 e. The summed E-state index contributed by atoms with van der Waals surface area (Å²) < 4.78 is 31.6. The van der Waals surface area contributed by atoms with Crippen molar-refractivity contribution >= 4 is 27.7 Å². The molecule has 0 spiro atoms. The molecule has 2 aromatic rings. The third-order valence-electron chi connectivity index (χ3n) is 3.06. The standard InChI is InChI=1S/C14H20N6O3S/c1-20(2)14-18-12(7-4-8-15)17-13(19-14)16-10-5-3-6-11(9-10)24(21,22)23/h3,5-6,9H,4,7-8,15H2,1-2H3,(H,21,22,23)(H,16,17,18,19). The first-order valence-electron chi connectivity index (χ1n) is 7.26. The van der Waals surface area contributed by atoms with E-state index in [4.69, 9.17) is 10.3 Å². The molecule has 0 radical (unpaired) electrons. The van der Waals surface area contributed by atoms with E-state index < -0.39 is 10.1 Å². The summed E-state index contributed by atoms with van der Waals surface area (Å²) in [7, 11) is -0.654. The van der Waals surface area contributed by atoms with Crippen molar-refractivity contribution in [2.24, 2.45) is 5.73 Å². The van der Waals surface area contributed by atoms with E-state index in [2.05, 4.69) is 20.3 Å². The molecule has 9 nitrogen and oxygen atoms in total. The van der Waals surface area contributed by atoms with Crippen LogP contribution in [-0.2, 0) is 16.5 Å². The third kappa shape index (κ3) is 4.85. The number of benzene rings is 1. The minimum Gasteiger partial charge on any atom is -0.347 e. The van der Waals surface area contributed by atoms with Gasteiger partial charge in [0, 0.05) is 26.2 Å². The quantitative estimate of drug-likeness (QED) is 0.619. The molecule has 0 aliphatic rings. The molecular formula is C14H20N6O3S. The first-order chi connectivity index (χ1) is 11.3. The Labute approximate surface area is 140 Å². The fraction of sp³-hybridized carbons (Fsp3) is 0.357. The zero-order valence-electron chi connectivity index (χ0n) is 13.5. The molecular weight excluding hydrogens is 332 g/mol. The molecule has 0 saturated heterocycles. The number of nitrogens with two attached hydrogens (primary N) is 1. The van der Waals surface area contributed by atoms with Crippen LogP contribution in [0.1, 0.15) is 12.2 Å². The number of nitrogens with zero attached hydrogens (tertiary/aromatic N) is 4. The summed E-state index contributed by atoms with van der Waals surface area (Å²) >= 11 is 0. The van der Waals surface area contributed by atoms with Gasteiger partial charge in [0.25, 0.3) is 10.1 Å². The van der Waals surface area contributed by atoms with Crippen molar-refractivity contribution in [3.63, 3.8) is 0 Å². The van der Waals surface area contributed by atoms with Crippen LogP contribution in [0.5, 0.6) is 0 Å². The number of nitrogens with one attached hydrogen (secondary N) is 1. The molecule has 0 aliphatic carbocycles. The summed E-state index contributed by atoms with van der Waals surface area (Å²) in [6.45, 7) is 0.530. The molecule has 0 atom stereocenters. The molecule has 130 valence electrons. The Kier molecular flexibility index (Phi) is 5.65. The van der Waals surface area contributed by atoms with E-state index >= 15 is 0 Å². The Morgan fingerprint density at radius 1 is 1.25 bits per heavy atom. The van der Waals surface area contributed by atoms with Crippen LogP contribution < -0.4 is 16.0 Å². The van der Waals surface area contributed by atoms with Gasteiger partial charge in [0.2, 0.25) is 11.9 Å². The molecule has 4 N–H and O–H groups in total. The van der Waals surface area contributed by atoms with E-state index in [1.807, 2.05) is 14.1 Å². The Morgan fingerprint density at radius 2 is 2.00 bits per heavy atom. The van der Waals surface area contributed by atoms with Crippen LogP contribution in [0.2, 0.25) is 0 Å². The highest BCUT2D eigenvalue weighted by molar-refractivity contribution is 7.85. The lowest BCUT2D eigenvalue weighted by Crippen LogP contribution is -2.16. The van der Waals surface area contributed by atoms with Crippen LogP contribution in [0.15, 0.2) is 29.2 Å². The second-order valence-corrected chi connectivity index (χ2v) is 6.71. The van der Waals surface area contributed by atoms with Crippen LogP contribution in [-0.4, -0.2) is 48.6 Å². The fourth-order valence-electron chi connectivity index (χ4n) is 1.90. The Morgan fingerprint density at radius 3 is 2.62 bits per heavy atom. The molecule has 1 aromatic heterocycles. The largest absolute Gasteiger partial charge is 0.347 e. The third-order valence-corrected chi connectivity index (χ3v) is 3.91. The summed E-state index contributed by atoms with van der Waals surface area (Å²) in [5, 5.41) is 2.93. The van der Waals surface area contributed by atoms with Gasteiger partial charge in [-0.15, -0.1) is 0 Å². The normalized spacial score (nSPS) is 11.3. The first kappa shape index (κ1) is 18.0. The van der Waals surface area contributed by atoms with E-state index in [9.17, 15) is 8.42 Å². The van der Waals surface area contributed by atoms with E-state index in [1.165, 1.54) is 18.2 Å². The molecule has 0 amide bonds. The van der Waals surface area contributed by atoms with E-state index in [0.29, 0.717) is 30.4 Å². The lowest BCUT2D eigenvalue weighted by Gasteiger charge is -2.13. The Bertz CT molecular complexity index is 810. The van der Waals surface area contributed by atoms with Gasteiger partial charge in [-0.2, -0.15) is 23.4 Å². The van der Waals surface area contributed by atoms with Crippen molar-refractivity contribution in [2.75, 3.05) is 30.9 Å². The molecule has 0 unspecified atom stereocenters. The van der Waals surface area contributed by atoms with E-state index in [-0.39, 0.29) is 10.8 Å². The molecule has 24 heavy (non-hydrogen) atoms. The minimum atomic E-state index is -4.27. The Balaban J connectivity index is 2.33. The predicted molar refractivity (Wildman–Crippen MR) is 91.1 cm³/mol. The monoisotopic (exact) mass is 352 g/mol. The molecule has 2 rings (SSSR count). The number of hydrogen-bond donors (Lipinski definition) is 3. The zero-order chi connectivity index (χ0) is 17.7. The summed E-state index contributed by atoms with van der Waals surface area (Å²) in [5.74, 6) is 1.35. The number of aryl methyl sites for hydroxylation is 1. The van der Waals surface area contributed by atoms with Gasteiger partial charge in [-0.1, -0.05) is 6.07 Å². The highest BCUT2D eigenvalue weighted by Crippen LogP contribution is 2.19. The predicted octanol–water partition coefficient (Wildman–Crippen LogP) is 0.819. The Hall–Kier alpha value is -2.30. The van der Waals surface area contributed by atoms with Crippen molar-refractivity contribution in [3.8, 4) is 0 Å². The fourth-order valence-corrected chi connectivity index (χ4v) is 2.43. The van der Waals surface area contributed by atoms with Crippen LogP contribution in [0.25, 0.3) is 0 Å². The van der Waals surface area contributed by atoms with Crippen molar-refractivity contribution in [1.29, 1.82) is 0 Å². The van der Waals surface area contributed by atoms with Crippen LogP contribution in [0.3, 0.4) is 0 Å². The van der Waals surface area contributed by atoms with Crippen molar-refractivity contribution in [2.45, 2.75) is 17.7 Å². The molecule has 0 aliphatic heterocycles. The van der Waals surface area contributed by atoms with Gasteiger partial charge in [0.15, 0.2) is 0 Å². The SMILES string of the molecule is CN(C)c1nc(CCCN)nc(Nc2cccc(S(=O)(=O)O)c2)n1. The summed E-state index contributed by atoms with van der Waals surface area (Å²) in [6, 6.07) is 5.75. The number of hydrogen-bond acceptors (Lipinski definition) is 8. The van der Waals surface area contributed by atoms with Gasteiger partial charge in [-0.3, -0.25) is 4.55 Å². The van der Waals surface area contributed by atoms with Gasteiger partial charge in [0.1, 0.15) is 5.82 Å². The lowest BCUT2D eigenvalue weighted by atomic mass is 10.3.